The zero-order valence-electron chi connectivity index (χ0n) is 19.1. The summed E-state index contributed by atoms with van der Waals surface area (Å²) in [7, 11) is 1.90. The van der Waals surface area contributed by atoms with Crippen LogP contribution < -0.4 is 0 Å². The van der Waals surface area contributed by atoms with Gasteiger partial charge in [0.15, 0.2) is 5.78 Å². The molecule has 1 aliphatic rings. The molecule has 5 rings (SSSR count). The fourth-order valence-corrected chi connectivity index (χ4v) is 4.81. The summed E-state index contributed by atoms with van der Waals surface area (Å²) in [5.74, 6) is -0.0174. The van der Waals surface area contributed by atoms with E-state index in [-0.39, 0.29) is 11.6 Å². The molecule has 1 fully saturated rings. The Labute approximate surface area is 192 Å². The number of hydrogen-bond donors (Lipinski definition) is 0. The molecular weight excluding hydrogens is 417 g/mol. The second-order valence-corrected chi connectivity index (χ2v) is 9.04. The van der Waals surface area contributed by atoms with Crippen molar-refractivity contribution in [2.24, 2.45) is 13.0 Å². The molecule has 0 N–H and O–H groups in total. The van der Waals surface area contributed by atoms with Gasteiger partial charge in [-0.3, -0.25) is 9.48 Å². The number of aromatic nitrogens is 3. The van der Waals surface area contributed by atoms with Crippen LogP contribution >= 0.6 is 0 Å². The number of halogens is 1. The van der Waals surface area contributed by atoms with E-state index >= 15 is 0 Å². The lowest BCUT2D eigenvalue weighted by atomic mass is 9.91. The molecule has 0 saturated carbocycles. The zero-order chi connectivity index (χ0) is 22.9. The summed E-state index contributed by atoms with van der Waals surface area (Å²) in [6, 6.07) is 11.5. The minimum Gasteiger partial charge on any atom is -0.381 e. The van der Waals surface area contributed by atoms with Gasteiger partial charge in [0.25, 0.3) is 0 Å². The number of ether oxygens (including phenoxy) is 1. The molecule has 0 aliphatic carbocycles. The van der Waals surface area contributed by atoms with Gasteiger partial charge in [0.1, 0.15) is 5.82 Å². The normalized spacial score (nSPS) is 14.8. The number of carbonyl (C=O) groups excluding carboxylic acids is 1. The maximum absolute atomic E-state index is 15.0. The van der Waals surface area contributed by atoms with Gasteiger partial charge >= 0.3 is 0 Å². The van der Waals surface area contributed by atoms with Crippen molar-refractivity contribution in [3.63, 3.8) is 0 Å². The first-order valence-electron chi connectivity index (χ1n) is 11.5. The predicted octanol–water partition coefficient (Wildman–Crippen LogP) is 5.54. The Morgan fingerprint density at radius 2 is 1.85 bits per heavy atom. The molecule has 1 saturated heterocycles. The average molecular weight is 446 g/mol. The van der Waals surface area contributed by atoms with Crippen LogP contribution in [-0.4, -0.2) is 33.3 Å². The van der Waals surface area contributed by atoms with E-state index in [0.29, 0.717) is 43.0 Å². The molecule has 0 unspecified atom stereocenters. The zero-order valence-corrected chi connectivity index (χ0v) is 19.1. The second kappa shape index (κ2) is 8.94. The number of carbonyl (C=O) groups is 1. The molecule has 0 amide bonds. The molecule has 6 heteroatoms. The highest BCUT2D eigenvalue weighted by Gasteiger charge is 2.24. The number of benzene rings is 2. The smallest absolute Gasteiger partial charge is 0.165 e. The number of Topliss-reactive ketones (excluding diaryl/α,β-unsaturated/α-hetero) is 1. The van der Waals surface area contributed by atoms with Gasteiger partial charge in [-0.05, 0) is 48.4 Å². The Balaban J connectivity index is 1.46. The van der Waals surface area contributed by atoms with Gasteiger partial charge in [-0.25, -0.2) is 4.39 Å². The summed E-state index contributed by atoms with van der Waals surface area (Å²) in [5, 5.41) is 4.68. The number of rotatable bonds is 6. The van der Waals surface area contributed by atoms with Gasteiger partial charge < -0.3 is 9.30 Å². The molecule has 2 aromatic carbocycles. The van der Waals surface area contributed by atoms with Crippen LogP contribution in [0.4, 0.5) is 4.39 Å². The largest absolute Gasteiger partial charge is 0.381 e. The van der Waals surface area contributed by atoms with Crippen molar-refractivity contribution in [3.05, 3.63) is 77.5 Å². The van der Waals surface area contributed by atoms with Crippen LogP contribution in [0.1, 0.15) is 40.7 Å². The number of ketones is 1. The van der Waals surface area contributed by atoms with Crippen molar-refractivity contribution >= 4 is 16.7 Å². The minimum absolute atomic E-state index is 0.0158. The maximum atomic E-state index is 15.0. The molecule has 33 heavy (non-hydrogen) atoms. The van der Waals surface area contributed by atoms with E-state index in [4.69, 9.17) is 4.74 Å². The monoisotopic (exact) mass is 445 g/mol. The number of hydrogen-bond acceptors (Lipinski definition) is 3. The van der Waals surface area contributed by atoms with Gasteiger partial charge in [-0.15, -0.1) is 0 Å². The summed E-state index contributed by atoms with van der Waals surface area (Å²) in [6.07, 6.45) is 7.88. The molecule has 170 valence electrons. The summed E-state index contributed by atoms with van der Waals surface area (Å²) in [5.41, 5.74) is 5.50. The number of fused-ring (bicyclic) bond motifs is 1. The first-order chi connectivity index (χ1) is 16.0. The van der Waals surface area contributed by atoms with E-state index in [1.165, 1.54) is 6.07 Å². The molecule has 0 bridgehead atoms. The summed E-state index contributed by atoms with van der Waals surface area (Å²) >= 11 is 0. The highest BCUT2D eigenvalue weighted by Crippen LogP contribution is 2.31. The lowest BCUT2D eigenvalue weighted by Crippen LogP contribution is -2.18. The molecule has 0 atom stereocenters. The standard InChI is InChI=1S/C27H28FN3O2/c1-18-3-8-24(28)26-23(25(32)13-19-9-11-33-12-10-19)17-31(27(18)26)15-20-4-6-21(7-5-20)22-14-29-30(2)16-22/h3-8,14,16-17,19H,9-13,15H2,1-2H3. The lowest BCUT2D eigenvalue weighted by molar-refractivity contribution is 0.0601. The Morgan fingerprint density at radius 1 is 1.09 bits per heavy atom. The Bertz CT molecular complexity index is 1300. The third kappa shape index (κ3) is 4.35. The Morgan fingerprint density at radius 3 is 2.55 bits per heavy atom. The van der Waals surface area contributed by atoms with Crippen LogP contribution in [0, 0.1) is 18.7 Å². The van der Waals surface area contributed by atoms with Gasteiger partial charge in [0.05, 0.1) is 11.7 Å². The fourth-order valence-electron chi connectivity index (χ4n) is 4.81. The van der Waals surface area contributed by atoms with Crippen LogP contribution in [0.25, 0.3) is 22.0 Å². The van der Waals surface area contributed by atoms with Gasteiger partial charge in [-0.2, -0.15) is 5.10 Å². The van der Waals surface area contributed by atoms with E-state index in [1.54, 1.807) is 10.7 Å². The number of aryl methyl sites for hydroxylation is 2. The van der Waals surface area contributed by atoms with Crippen molar-refractivity contribution < 1.29 is 13.9 Å². The minimum atomic E-state index is -0.336. The Hall–Kier alpha value is -3.25. The SMILES string of the molecule is Cc1ccc(F)c2c(C(=O)CC3CCOCC3)cn(Cc3ccc(-c4cnn(C)c4)cc3)c12. The van der Waals surface area contributed by atoms with Crippen molar-refractivity contribution in [3.8, 4) is 11.1 Å². The molecule has 0 spiro atoms. The van der Waals surface area contributed by atoms with Crippen molar-refractivity contribution in [2.45, 2.75) is 32.7 Å². The summed E-state index contributed by atoms with van der Waals surface area (Å²) < 4.78 is 24.2. The highest BCUT2D eigenvalue weighted by molar-refractivity contribution is 6.09. The molecule has 1 aliphatic heterocycles. The maximum Gasteiger partial charge on any atom is 0.165 e. The van der Waals surface area contributed by atoms with Crippen molar-refractivity contribution in [1.82, 2.24) is 14.3 Å². The van der Waals surface area contributed by atoms with Crippen molar-refractivity contribution in [2.75, 3.05) is 13.2 Å². The van der Waals surface area contributed by atoms with Crippen LogP contribution in [0.2, 0.25) is 0 Å². The number of nitrogens with zero attached hydrogens (tertiary/aromatic N) is 3. The van der Waals surface area contributed by atoms with E-state index in [1.807, 2.05) is 37.1 Å². The third-order valence-electron chi connectivity index (χ3n) is 6.63. The van der Waals surface area contributed by atoms with E-state index < -0.39 is 0 Å². The predicted molar refractivity (Wildman–Crippen MR) is 127 cm³/mol. The van der Waals surface area contributed by atoms with Crippen LogP contribution in [0.15, 0.2) is 55.0 Å². The molecule has 0 radical (unpaired) electrons. The topological polar surface area (TPSA) is 49.1 Å². The first-order valence-corrected chi connectivity index (χ1v) is 11.5. The summed E-state index contributed by atoms with van der Waals surface area (Å²) in [6.45, 7) is 3.93. The molecule has 5 nitrogen and oxygen atoms in total. The van der Waals surface area contributed by atoms with Gasteiger partial charge in [0.2, 0.25) is 0 Å². The van der Waals surface area contributed by atoms with Crippen LogP contribution in [0.3, 0.4) is 0 Å². The van der Waals surface area contributed by atoms with Gasteiger partial charge in [-0.1, -0.05) is 30.3 Å². The molecular formula is C27H28FN3O2. The molecule has 4 aromatic rings. The molecule has 3 heterocycles. The fraction of sp³-hybridized carbons (Fsp3) is 0.333. The molecule has 2 aromatic heterocycles. The van der Waals surface area contributed by atoms with E-state index in [9.17, 15) is 9.18 Å². The van der Waals surface area contributed by atoms with Crippen LogP contribution in [-0.2, 0) is 18.3 Å². The quantitative estimate of drug-likeness (QED) is 0.366. The lowest BCUT2D eigenvalue weighted by Gasteiger charge is -2.21. The van der Waals surface area contributed by atoms with E-state index in [0.717, 1.165) is 40.6 Å². The highest BCUT2D eigenvalue weighted by atomic mass is 19.1. The first kappa shape index (κ1) is 21.6. The Kier molecular flexibility index (Phi) is 5.85. The van der Waals surface area contributed by atoms with Crippen molar-refractivity contribution in [1.29, 1.82) is 0 Å². The van der Waals surface area contributed by atoms with E-state index in [2.05, 4.69) is 29.4 Å². The second-order valence-electron chi connectivity index (χ2n) is 9.04. The van der Waals surface area contributed by atoms with Crippen LogP contribution in [0.5, 0.6) is 0 Å². The average Bonchev–Trinajstić information content (AvgIpc) is 3.42. The summed E-state index contributed by atoms with van der Waals surface area (Å²) in [4.78, 5) is 13.2. The third-order valence-corrected chi connectivity index (χ3v) is 6.63. The van der Waals surface area contributed by atoms with Gasteiger partial charge in [0, 0.05) is 62.1 Å².